The summed E-state index contributed by atoms with van der Waals surface area (Å²) < 4.78 is 30.1. The predicted octanol–water partition coefficient (Wildman–Crippen LogP) is -0.248. The highest BCUT2D eigenvalue weighted by Gasteiger charge is 2.25. The zero-order valence-corrected chi connectivity index (χ0v) is 13.0. The average molecular weight is 330 g/mol. The molecule has 22 heavy (non-hydrogen) atoms. The van der Waals surface area contributed by atoms with Crippen molar-refractivity contribution in [2.45, 2.75) is 12.5 Å². The summed E-state index contributed by atoms with van der Waals surface area (Å²) in [4.78, 5) is 24.5. The molecule has 0 aliphatic heterocycles. The summed E-state index contributed by atoms with van der Waals surface area (Å²) in [6.07, 6.45) is -0.0943. The molecule has 0 heterocycles. The zero-order valence-electron chi connectivity index (χ0n) is 12.2. The van der Waals surface area contributed by atoms with Gasteiger partial charge >= 0.3 is 5.97 Å². The number of rotatable bonds is 7. The number of carbonyl (C=O) groups is 2. The lowest BCUT2D eigenvalue weighted by atomic mass is 10.1. The van der Waals surface area contributed by atoms with Gasteiger partial charge in [0, 0.05) is 19.8 Å². The first kappa shape index (κ1) is 17.9. The summed E-state index contributed by atoms with van der Waals surface area (Å²) in [5.74, 6) is -3.25. The Kier molecular flexibility index (Phi) is 5.89. The number of amides is 1. The van der Waals surface area contributed by atoms with E-state index in [2.05, 4.69) is 5.32 Å². The lowest BCUT2D eigenvalue weighted by Gasteiger charge is -2.14. The molecule has 3 N–H and O–H groups in total. The number of carboxylic acid groups (broad SMARTS) is 1. The number of anilines is 1. The molecule has 8 nitrogen and oxygen atoms in total. The van der Waals surface area contributed by atoms with E-state index in [0.717, 1.165) is 5.69 Å². The second kappa shape index (κ2) is 7.23. The Morgan fingerprint density at radius 1 is 1.23 bits per heavy atom. The standard InChI is InChI=1S/C13H18N2O6S/c1-15(2)10-5-3-9(4-6-10)7-12(16)14-11(13(17)18)8-22(19,20)21/h3-6,11H,7-8H2,1-2H3,(H,14,16)(H,17,18)(H,19,20,21). The van der Waals surface area contributed by atoms with Gasteiger partial charge in [-0.3, -0.25) is 9.35 Å². The van der Waals surface area contributed by atoms with Crippen LogP contribution < -0.4 is 10.2 Å². The second-order valence-corrected chi connectivity index (χ2v) is 6.44. The largest absolute Gasteiger partial charge is 0.480 e. The van der Waals surface area contributed by atoms with E-state index in [1.54, 1.807) is 24.3 Å². The zero-order chi connectivity index (χ0) is 16.9. The number of hydrogen-bond donors (Lipinski definition) is 3. The fourth-order valence-corrected chi connectivity index (χ4v) is 2.38. The van der Waals surface area contributed by atoms with E-state index in [1.807, 2.05) is 19.0 Å². The average Bonchev–Trinajstić information content (AvgIpc) is 2.36. The maximum atomic E-state index is 11.8. The van der Waals surface area contributed by atoms with Gasteiger partial charge in [0.15, 0.2) is 0 Å². The van der Waals surface area contributed by atoms with Crippen molar-refractivity contribution in [3.05, 3.63) is 29.8 Å². The van der Waals surface area contributed by atoms with Gasteiger partial charge in [-0.25, -0.2) is 4.79 Å². The van der Waals surface area contributed by atoms with Crippen LogP contribution in [0.5, 0.6) is 0 Å². The van der Waals surface area contributed by atoms with Crippen molar-refractivity contribution in [3.8, 4) is 0 Å². The summed E-state index contributed by atoms with van der Waals surface area (Å²) in [5.41, 5.74) is 1.60. The summed E-state index contributed by atoms with van der Waals surface area (Å²) in [7, 11) is -0.764. The molecule has 1 rings (SSSR count). The molecule has 1 atom stereocenters. The van der Waals surface area contributed by atoms with Crippen LogP contribution in [0, 0.1) is 0 Å². The van der Waals surface area contributed by atoms with E-state index in [1.165, 1.54) is 0 Å². The highest BCUT2D eigenvalue weighted by atomic mass is 32.2. The maximum Gasteiger partial charge on any atom is 0.327 e. The van der Waals surface area contributed by atoms with Crippen molar-refractivity contribution in [3.63, 3.8) is 0 Å². The van der Waals surface area contributed by atoms with E-state index >= 15 is 0 Å². The number of carbonyl (C=O) groups excluding carboxylic acids is 1. The molecular formula is C13H18N2O6S. The summed E-state index contributed by atoms with van der Waals surface area (Å²) in [5, 5.41) is 10.9. The van der Waals surface area contributed by atoms with Gasteiger partial charge in [0.2, 0.25) is 5.91 Å². The van der Waals surface area contributed by atoms with E-state index < -0.39 is 33.8 Å². The van der Waals surface area contributed by atoms with Gasteiger partial charge in [0.25, 0.3) is 10.1 Å². The smallest absolute Gasteiger partial charge is 0.327 e. The molecule has 0 saturated carbocycles. The van der Waals surface area contributed by atoms with Crippen molar-refractivity contribution in [2.24, 2.45) is 0 Å². The molecule has 0 aromatic heterocycles. The van der Waals surface area contributed by atoms with Gasteiger partial charge in [-0.15, -0.1) is 0 Å². The Hall–Kier alpha value is -2.13. The van der Waals surface area contributed by atoms with Gasteiger partial charge < -0.3 is 15.3 Å². The minimum atomic E-state index is -4.50. The first-order valence-electron chi connectivity index (χ1n) is 6.32. The minimum absolute atomic E-state index is 0.0943. The summed E-state index contributed by atoms with van der Waals surface area (Å²) >= 11 is 0. The number of carboxylic acids is 1. The fourth-order valence-electron chi connectivity index (χ4n) is 1.73. The van der Waals surface area contributed by atoms with E-state index in [9.17, 15) is 18.0 Å². The third kappa shape index (κ3) is 6.10. The molecule has 0 aliphatic rings. The maximum absolute atomic E-state index is 11.8. The number of hydrogen-bond acceptors (Lipinski definition) is 5. The second-order valence-electron chi connectivity index (χ2n) is 4.94. The molecule has 0 bridgehead atoms. The van der Waals surface area contributed by atoms with Crippen LogP contribution >= 0.6 is 0 Å². The number of nitrogens with one attached hydrogen (secondary N) is 1. The minimum Gasteiger partial charge on any atom is -0.480 e. The van der Waals surface area contributed by atoms with Crippen LogP contribution in [0.1, 0.15) is 5.56 Å². The van der Waals surface area contributed by atoms with Crippen LogP contribution in [-0.4, -0.2) is 55.8 Å². The molecule has 0 fully saturated rings. The number of nitrogens with zero attached hydrogens (tertiary/aromatic N) is 1. The molecular weight excluding hydrogens is 312 g/mol. The molecule has 122 valence electrons. The van der Waals surface area contributed by atoms with E-state index in [0.29, 0.717) is 5.56 Å². The van der Waals surface area contributed by atoms with Gasteiger partial charge in [-0.1, -0.05) is 12.1 Å². The topological polar surface area (TPSA) is 124 Å². The Bertz CT molecular complexity index is 639. The van der Waals surface area contributed by atoms with Crippen LogP contribution in [0.2, 0.25) is 0 Å². The summed E-state index contributed by atoms with van der Waals surface area (Å²) in [6, 6.07) is 5.34. The van der Waals surface area contributed by atoms with Gasteiger partial charge in [-0.2, -0.15) is 8.42 Å². The molecule has 9 heteroatoms. The SMILES string of the molecule is CN(C)c1ccc(CC(=O)NC(CS(=O)(=O)O)C(=O)O)cc1. The van der Waals surface area contributed by atoms with Crippen molar-refractivity contribution >= 4 is 27.7 Å². The highest BCUT2D eigenvalue weighted by Crippen LogP contribution is 2.12. The monoisotopic (exact) mass is 330 g/mol. The van der Waals surface area contributed by atoms with Crippen molar-refractivity contribution < 1.29 is 27.7 Å². The number of benzene rings is 1. The first-order valence-corrected chi connectivity index (χ1v) is 7.93. The Labute approximate surface area is 128 Å². The van der Waals surface area contributed by atoms with Crippen LogP contribution in [0.4, 0.5) is 5.69 Å². The van der Waals surface area contributed by atoms with Crippen molar-refractivity contribution in [1.29, 1.82) is 0 Å². The molecule has 0 saturated heterocycles. The van der Waals surface area contributed by atoms with Crippen molar-refractivity contribution in [1.82, 2.24) is 5.32 Å². The van der Waals surface area contributed by atoms with Gasteiger partial charge in [0.1, 0.15) is 11.8 Å². The van der Waals surface area contributed by atoms with Crippen LogP contribution in [0.25, 0.3) is 0 Å². The quantitative estimate of drug-likeness (QED) is 0.589. The van der Waals surface area contributed by atoms with E-state index in [4.69, 9.17) is 9.66 Å². The normalized spacial score (nSPS) is 12.5. The first-order chi connectivity index (χ1) is 10.1. The molecule has 1 unspecified atom stereocenters. The van der Waals surface area contributed by atoms with Crippen LogP contribution in [0.15, 0.2) is 24.3 Å². The van der Waals surface area contributed by atoms with Gasteiger partial charge in [0.05, 0.1) is 6.42 Å². The third-order valence-electron chi connectivity index (χ3n) is 2.83. The van der Waals surface area contributed by atoms with E-state index in [-0.39, 0.29) is 6.42 Å². The predicted molar refractivity (Wildman–Crippen MR) is 80.5 cm³/mol. The third-order valence-corrected chi connectivity index (χ3v) is 3.58. The van der Waals surface area contributed by atoms with Gasteiger partial charge in [-0.05, 0) is 17.7 Å². The Morgan fingerprint density at radius 3 is 2.18 bits per heavy atom. The molecule has 0 spiro atoms. The van der Waals surface area contributed by atoms with Crippen LogP contribution in [0.3, 0.4) is 0 Å². The molecule has 0 radical (unpaired) electrons. The highest BCUT2D eigenvalue weighted by molar-refractivity contribution is 7.85. The molecule has 0 aliphatic carbocycles. The Morgan fingerprint density at radius 2 is 1.77 bits per heavy atom. The van der Waals surface area contributed by atoms with Crippen molar-refractivity contribution in [2.75, 3.05) is 24.7 Å². The van der Waals surface area contributed by atoms with Crippen LogP contribution in [-0.2, 0) is 26.1 Å². The molecule has 1 aromatic carbocycles. The Balaban J connectivity index is 2.69. The summed E-state index contributed by atoms with van der Waals surface area (Å²) in [6.45, 7) is 0. The lowest BCUT2D eigenvalue weighted by molar-refractivity contribution is -0.141. The molecule has 1 aromatic rings. The lowest BCUT2D eigenvalue weighted by Crippen LogP contribution is -2.45. The molecule has 1 amide bonds. The number of aliphatic carboxylic acids is 1. The fraction of sp³-hybridized carbons (Fsp3) is 0.385.